The predicted octanol–water partition coefficient (Wildman–Crippen LogP) is 3.43. The Morgan fingerprint density at radius 3 is 2.34 bits per heavy atom. The van der Waals surface area contributed by atoms with Crippen molar-refractivity contribution in [2.24, 2.45) is 5.73 Å². The minimum absolute atomic E-state index is 0.149. The number of hydrogen-bond donors (Lipinski definition) is 2. The average Bonchev–Trinajstić information content (AvgIpc) is 2.72. The SMILES string of the molecule is CC(CNc1ccc(C(F)(F)F)cc1C(N)=O)N1CCN(c2ccccc2)CC1. The number of rotatable bonds is 6. The molecule has 0 spiro atoms. The first kappa shape index (κ1) is 21.0. The molecular formula is C21H25F3N4O. The average molecular weight is 406 g/mol. The molecule has 5 nitrogen and oxygen atoms in total. The van der Waals surface area contributed by atoms with Crippen LogP contribution in [0.1, 0.15) is 22.8 Å². The lowest BCUT2D eigenvalue weighted by Gasteiger charge is -2.39. The molecule has 1 aliphatic heterocycles. The number of benzene rings is 2. The normalized spacial score (nSPS) is 16.5. The molecule has 1 aliphatic rings. The van der Waals surface area contributed by atoms with E-state index in [4.69, 9.17) is 5.73 Å². The van der Waals surface area contributed by atoms with Crippen molar-refractivity contribution in [2.75, 3.05) is 42.9 Å². The molecular weight excluding hydrogens is 381 g/mol. The van der Waals surface area contributed by atoms with Gasteiger partial charge < -0.3 is 16.0 Å². The van der Waals surface area contributed by atoms with Crippen LogP contribution in [0.3, 0.4) is 0 Å². The standard InChI is InChI=1S/C21H25F3N4O/c1-15(27-9-11-28(12-10-27)17-5-3-2-4-6-17)14-26-19-8-7-16(21(22,23)24)13-18(19)20(25)29/h2-8,13,15,26H,9-12,14H2,1H3,(H2,25,29). The summed E-state index contributed by atoms with van der Waals surface area (Å²) in [7, 11) is 0. The Morgan fingerprint density at radius 1 is 1.10 bits per heavy atom. The van der Waals surface area contributed by atoms with Crippen molar-refractivity contribution in [3.05, 3.63) is 59.7 Å². The topological polar surface area (TPSA) is 61.6 Å². The maximum absolute atomic E-state index is 12.9. The minimum atomic E-state index is -4.52. The second kappa shape index (κ2) is 8.73. The quantitative estimate of drug-likeness (QED) is 0.772. The van der Waals surface area contributed by atoms with E-state index in [9.17, 15) is 18.0 Å². The van der Waals surface area contributed by atoms with Gasteiger partial charge in [-0.15, -0.1) is 0 Å². The van der Waals surface area contributed by atoms with Gasteiger partial charge in [-0.05, 0) is 37.3 Å². The van der Waals surface area contributed by atoms with Crippen LogP contribution in [0.4, 0.5) is 24.5 Å². The molecule has 1 saturated heterocycles. The maximum Gasteiger partial charge on any atom is 0.416 e. The number of halogens is 3. The van der Waals surface area contributed by atoms with Gasteiger partial charge in [0.1, 0.15) is 0 Å². The fourth-order valence-corrected chi connectivity index (χ4v) is 3.53. The van der Waals surface area contributed by atoms with Crippen molar-refractivity contribution < 1.29 is 18.0 Å². The van der Waals surface area contributed by atoms with Gasteiger partial charge in [0.15, 0.2) is 0 Å². The van der Waals surface area contributed by atoms with Crippen LogP contribution in [0, 0.1) is 0 Å². The van der Waals surface area contributed by atoms with Crippen molar-refractivity contribution in [1.82, 2.24) is 4.90 Å². The number of alkyl halides is 3. The first-order chi connectivity index (χ1) is 13.8. The van der Waals surface area contributed by atoms with Crippen LogP contribution in [-0.4, -0.2) is 49.6 Å². The Balaban J connectivity index is 1.58. The molecule has 0 saturated carbocycles. The Hall–Kier alpha value is -2.74. The molecule has 1 heterocycles. The number of nitrogens with two attached hydrogens (primary N) is 1. The highest BCUT2D eigenvalue weighted by Gasteiger charge is 2.31. The van der Waals surface area contributed by atoms with Crippen LogP contribution in [-0.2, 0) is 6.18 Å². The highest BCUT2D eigenvalue weighted by molar-refractivity contribution is 5.98. The number of carbonyl (C=O) groups is 1. The van der Waals surface area contributed by atoms with E-state index in [0.717, 1.165) is 38.3 Å². The fourth-order valence-electron chi connectivity index (χ4n) is 3.53. The maximum atomic E-state index is 12.9. The van der Waals surface area contributed by atoms with Crippen LogP contribution in [0.15, 0.2) is 48.5 Å². The first-order valence-corrected chi connectivity index (χ1v) is 9.54. The van der Waals surface area contributed by atoms with Crippen LogP contribution in [0.25, 0.3) is 0 Å². The summed E-state index contributed by atoms with van der Waals surface area (Å²) in [6.45, 7) is 6.12. The molecule has 2 aromatic carbocycles. The largest absolute Gasteiger partial charge is 0.416 e. The summed E-state index contributed by atoms with van der Waals surface area (Å²) in [5, 5.41) is 3.09. The number of amides is 1. The summed E-state index contributed by atoms with van der Waals surface area (Å²) in [5.74, 6) is -0.886. The lowest BCUT2D eigenvalue weighted by atomic mass is 10.1. The van der Waals surface area contributed by atoms with Crippen molar-refractivity contribution in [3.8, 4) is 0 Å². The predicted molar refractivity (Wildman–Crippen MR) is 108 cm³/mol. The molecule has 3 rings (SSSR count). The van der Waals surface area contributed by atoms with Gasteiger partial charge in [-0.3, -0.25) is 9.69 Å². The molecule has 0 aliphatic carbocycles. The van der Waals surface area contributed by atoms with E-state index in [1.165, 1.54) is 11.8 Å². The second-order valence-corrected chi connectivity index (χ2v) is 7.21. The third kappa shape index (κ3) is 5.20. The molecule has 8 heteroatoms. The van der Waals surface area contributed by atoms with E-state index in [-0.39, 0.29) is 11.6 Å². The van der Waals surface area contributed by atoms with Crippen molar-refractivity contribution in [1.29, 1.82) is 0 Å². The molecule has 0 radical (unpaired) electrons. The summed E-state index contributed by atoms with van der Waals surface area (Å²) >= 11 is 0. The van der Waals surface area contributed by atoms with Gasteiger partial charge in [0.05, 0.1) is 11.1 Å². The number of nitrogens with zero attached hydrogens (tertiary/aromatic N) is 2. The van der Waals surface area contributed by atoms with Crippen molar-refractivity contribution in [3.63, 3.8) is 0 Å². The number of carbonyl (C=O) groups excluding carboxylic acids is 1. The summed E-state index contributed by atoms with van der Waals surface area (Å²) in [6.07, 6.45) is -4.52. The second-order valence-electron chi connectivity index (χ2n) is 7.21. The number of nitrogens with one attached hydrogen (secondary N) is 1. The third-order valence-corrected chi connectivity index (χ3v) is 5.26. The molecule has 1 fully saturated rings. The molecule has 1 amide bonds. The molecule has 1 unspecified atom stereocenters. The first-order valence-electron chi connectivity index (χ1n) is 9.54. The number of anilines is 2. The highest BCUT2D eigenvalue weighted by Crippen LogP contribution is 2.31. The Labute approximate surface area is 168 Å². The third-order valence-electron chi connectivity index (χ3n) is 5.26. The van der Waals surface area contributed by atoms with Gasteiger partial charge in [-0.25, -0.2) is 0 Å². The van der Waals surface area contributed by atoms with Crippen LogP contribution in [0.2, 0.25) is 0 Å². The Morgan fingerprint density at radius 2 is 1.76 bits per heavy atom. The number of para-hydroxylation sites is 1. The number of piperazine rings is 1. The van der Waals surface area contributed by atoms with E-state index in [1.54, 1.807) is 0 Å². The van der Waals surface area contributed by atoms with Gasteiger partial charge in [0.2, 0.25) is 0 Å². The van der Waals surface area contributed by atoms with E-state index in [1.807, 2.05) is 18.2 Å². The number of hydrogen-bond acceptors (Lipinski definition) is 4. The van der Waals surface area contributed by atoms with Crippen LogP contribution >= 0.6 is 0 Å². The van der Waals surface area contributed by atoms with E-state index in [2.05, 4.69) is 34.2 Å². The highest BCUT2D eigenvalue weighted by atomic mass is 19.4. The van der Waals surface area contributed by atoms with E-state index < -0.39 is 17.6 Å². The summed E-state index contributed by atoms with van der Waals surface area (Å²) in [5.41, 5.74) is 5.77. The molecule has 156 valence electrons. The van der Waals surface area contributed by atoms with E-state index >= 15 is 0 Å². The molecule has 29 heavy (non-hydrogen) atoms. The number of primary amides is 1. The summed E-state index contributed by atoms with van der Waals surface area (Å²) in [6, 6.07) is 13.4. The van der Waals surface area contributed by atoms with Gasteiger partial charge in [0.25, 0.3) is 5.91 Å². The lowest BCUT2D eigenvalue weighted by Crippen LogP contribution is -2.51. The monoisotopic (exact) mass is 406 g/mol. The van der Waals surface area contributed by atoms with Crippen LogP contribution < -0.4 is 16.0 Å². The Bertz CT molecular complexity index is 834. The lowest BCUT2D eigenvalue weighted by molar-refractivity contribution is -0.137. The van der Waals surface area contributed by atoms with Crippen molar-refractivity contribution in [2.45, 2.75) is 19.1 Å². The smallest absolute Gasteiger partial charge is 0.383 e. The Kier molecular flexibility index (Phi) is 6.32. The van der Waals surface area contributed by atoms with Gasteiger partial charge in [-0.2, -0.15) is 13.2 Å². The van der Waals surface area contributed by atoms with Gasteiger partial charge >= 0.3 is 6.18 Å². The zero-order chi connectivity index (χ0) is 21.0. The molecule has 0 bridgehead atoms. The minimum Gasteiger partial charge on any atom is -0.383 e. The molecule has 3 N–H and O–H groups in total. The summed E-state index contributed by atoms with van der Waals surface area (Å²) in [4.78, 5) is 16.3. The van der Waals surface area contributed by atoms with Crippen LogP contribution in [0.5, 0.6) is 0 Å². The fraction of sp³-hybridized carbons (Fsp3) is 0.381. The van der Waals surface area contributed by atoms with Crippen molar-refractivity contribution >= 4 is 17.3 Å². The molecule has 0 aromatic heterocycles. The van der Waals surface area contributed by atoms with Gasteiger partial charge in [0, 0.05) is 50.1 Å². The zero-order valence-corrected chi connectivity index (χ0v) is 16.2. The summed E-state index contributed by atoms with van der Waals surface area (Å²) < 4.78 is 38.7. The van der Waals surface area contributed by atoms with E-state index in [0.29, 0.717) is 12.2 Å². The molecule has 2 aromatic rings. The molecule has 1 atom stereocenters. The zero-order valence-electron chi connectivity index (χ0n) is 16.2. The van der Waals surface area contributed by atoms with Gasteiger partial charge in [-0.1, -0.05) is 18.2 Å².